The van der Waals surface area contributed by atoms with Gasteiger partial charge in [-0.25, -0.2) is 8.42 Å². The average molecular weight is 376 g/mol. The molecule has 0 spiro atoms. The van der Waals surface area contributed by atoms with Crippen LogP contribution >= 0.6 is 0 Å². The highest BCUT2D eigenvalue weighted by molar-refractivity contribution is 7.88. The molecule has 0 unspecified atom stereocenters. The first-order valence-electron chi connectivity index (χ1n) is 8.22. The lowest BCUT2D eigenvalue weighted by Crippen LogP contribution is -2.37. The lowest BCUT2D eigenvalue weighted by Gasteiger charge is -2.20. The number of hydrogen-bond donors (Lipinski definition) is 1. The van der Waals surface area contributed by atoms with Gasteiger partial charge in [-0.2, -0.15) is 4.31 Å². The van der Waals surface area contributed by atoms with Gasteiger partial charge >= 0.3 is 0 Å². The summed E-state index contributed by atoms with van der Waals surface area (Å²) in [5.41, 5.74) is 2.40. The van der Waals surface area contributed by atoms with Crippen LogP contribution in [0, 0.1) is 6.92 Å². The number of nitrogens with one attached hydrogen (secondary N) is 1. The first kappa shape index (κ1) is 19.9. The molecule has 140 valence electrons. The van der Waals surface area contributed by atoms with E-state index in [-0.39, 0.29) is 25.5 Å². The number of carbonyl (C=O) groups excluding carboxylic acids is 1. The maximum absolute atomic E-state index is 12.2. The van der Waals surface area contributed by atoms with Crippen LogP contribution in [-0.4, -0.2) is 45.1 Å². The minimum absolute atomic E-state index is 0.197. The van der Waals surface area contributed by atoms with Crippen molar-refractivity contribution in [3.63, 3.8) is 0 Å². The van der Waals surface area contributed by atoms with Gasteiger partial charge in [-0.05, 0) is 36.8 Å². The predicted octanol–water partition coefficient (Wildman–Crippen LogP) is 2.20. The molecule has 0 fully saturated rings. The summed E-state index contributed by atoms with van der Waals surface area (Å²) in [7, 11) is -1.82. The molecule has 0 aliphatic carbocycles. The molecule has 0 aromatic heterocycles. The van der Waals surface area contributed by atoms with E-state index in [0.717, 1.165) is 11.1 Å². The molecule has 2 aromatic carbocycles. The normalized spacial score (nSPS) is 11.4. The van der Waals surface area contributed by atoms with Crippen molar-refractivity contribution in [2.45, 2.75) is 13.5 Å². The maximum atomic E-state index is 12.2. The number of ether oxygens (including phenoxy) is 1. The summed E-state index contributed by atoms with van der Waals surface area (Å²) in [5, 5.41) is 2.77. The minimum atomic E-state index is -3.40. The number of sulfonamides is 1. The Balaban J connectivity index is 1.96. The van der Waals surface area contributed by atoms with Gasteiger partial charge in [-0.1, -0.05) is 29.8 Å². The van der Waals surface area contributed by atoms with Gasteiger partial charge in [0.1, 0.15) is 5.75 Å². The molecule has 0 saturated carbocycles. The number of amides is 1. The molecular weight excluding hydrogens is 352 g/mol. The fourth-order valence-electron chi connectivity index (χ4n) is 2.48. The molecule has 0 aliphatic rings. The number of carbonyl (C=O) groups is 1. The Kier molecular flexibility index (Phi) is 6.76. The van der Waals surface area contributed by atoms with E-state index in [4.69, 9.17) is 4.74 Å². The van der Waals surface area contributed by atoms with E-state index in [1.165, 1.54) is 10.6 Å². The predicted molar refractivity (Wildman–Crippen MR) is 102 cm³/mol. The van der Waals surface area contributed by atoms with Crippen LogP contribution in [0.5, 0.6) is 5.75 Å². The number of aryl methyl sites for hydroxylation is 1. The van der Waals surface area contributed by atoms with Crippen molar-refractivity contribution in [3.8, 4) is 5.75 Å². The van der Waals surface area contributed by atoms with Gasteiger partial charge in [0.25, 0.3) is 5.91 Å². The molecule has 1 amide bonds. The molecular formula is C19H24N2O4S. The van der Waals surface area contributed by atoms with E-state index in [1.807, 2.05) is 31.2 Å². The lowest BCUT2D eigenvalue weighted by atomic mass is 10.1. The Hall–Kier alpha value is -2.38. The molecule has 7 heteroatoms. The van der Waals surface area contributed by atoms with Crippen molar-refractivity contribution in [1.82, 2.24) is 9.62 Å². The Morgan fingerprint density at radius 3 is 2.42 bits per heavy atom. The van der Waals surface area contributed by atoms with Gasteiger partial charge in [0.15, 0.2) is 0 Å². The van der Waals surface area contributed by atoms with Crippen LogP contribution in [-0.2, 0) is 16.6 Å². The number of hydrogen-bond acceptors (Lipinski definition) is 4. The maximum Gasteiger partial charge on any atom is 0.251 e. The lowest BCUT2D eigenvalue weighted by molar-refractivity contribution is 0.0951. The summed E-state index contributed by atoms with van der Waals surface area (Å²) in [5.74, 6) is 0.497. The highest BCUT2D eigenvalue weighted by atomic mass is 32.2. The van der Waals surface area contributed by atoms with E-state index in [2.05, 4.69) is 5.32 Å². The molecule has 0 aliphatic heterocycles. The molecule has 0 atom stereocenters. The fraction of sp³-hybridized carbons (Fsp3) is 0.316. The SMILES string of the molecule is COc1ccc(CN(CCNC(=O)c2cccc(C)c2)S(C)(=O)=O)cc1. The zero-order valence-electron chi connectivity index (χ0n) is 15.2. The summed E-state index contributed by atoms with van der Waals surface area (Å²) >= 11 is 0. The van der Waals surface area contributed by atoms with Crippen molar-refractivity contribution in [3.05, 3.63) is 65.2 Å². The third-order valence-electron chi connectivity index (χ3n) is 3.91. The van der Waals surface area contributed by atoms with E-state index in [1.54, 1.807) is 31.4 Å². The topological polar surface area (TPSA) is 75.7 Å². The number of benzene rings is 2. The third kappa shape index (κ3) is 5.86. The quantitative estimate of drug-likeness (QED) is 0.766. The van der Waals surface area contributed by atoms with E-state index < -0.39 is 10.0 Å². The summed E-state index contributed by atoms with van der Waals surface area (Å²) in [4.78, 5) is 12.2. The molecule has 0 heterocycles. The second-order valence-electron chi connectivity index (χ2n) is 6.07. The van der Waals surface area contributed by atoms with Crippen molar-refractivity contribution in [2.24, 2.45) is 0 Å². The summed E-state index contributed by atoms with van der Waals surface area (Å²) in [6.45, 7) is 2.58. The Morgan fingerprint density at radius 2 is 1.85 bits per heavy atom. The molecule has 0 bridgehead atoms. The monoisotopic (exact) mass is 376 g/mol. The Morgan fingerprint density at radius 1 is 1.15 bits per heavy atom. The van der Waals surface area contributed by atoms with Gasteiger partial charge < -0.3 is 10.1 Å². The summed E-state index contributed by atoms with van der Waals surface area (Å²) in [6.07, 6.45) is 1.17. The smallest absolute Gasteiger partial charge is 0.251 e. The third-order valence-corrected chi connectivity index (χ3v) is 5.16. The number of methoxy groups -OCH3 is 1. The largest absolute Gasteiger partial charge is 0.497 e. The van der Waals surface area contributed by atoms with Gasteiger partial charge in [0.05, 0.1) is 13.4 Å². The van der Waals surface area contributed by atoms with E-state index in [9.17, 15) is 13.2 Å². The molecule has 1 N–H and O–H groups in total. The second kappa shape index (κ2) is 8.82. The molecule has 2 rings (SSSR count). The standard InChI is InChI=1S/C19H24N2O4S/c1-15-5-4-6-17(13-15)19(22)20-11-12-21(26(3,23)24)14-16-7-9-18(25-2)10-8-16/h4-10,13H,11-12,14H2,1-3H3,(H,20,22). The molecule has 26 heavy (non-hydrogen) atoms. The number of rotatable bonds is 8. The average Bonchev–Trinajstić information content (AvgIpc) is 2.60. The second-order valence-corrected chi connectivity index (χ2v) is 8.05. The van der Waals surface area contributed by atoms with Crippen molar-refractivity contribution >= 4 is 15.9 Å². The fourth-order valence-corrected chi connectivity index (χ4v) is 3.29. The highest BCUT2D eigenvalue weighted by Gasteiger charge is 2.17. The van der Waals surface area contributed by atoms with Crippen LogP contribution in [0.4, 0.5) is 0 Å². The highest BCUT2D eigenvalue weighted by Crippen LogP contribution is 2.14. The van der Waals surface area contributed by atoms with Crippen LogP contribution in [0.3, 0.4) is 0 Å². The van der Waals surface area contributed by atoms with E-state index in [0.29, 0.717) is 11.3 Å². The van der Waals surface area contributed by atoms with E-state index >= 15 is 0 Å². The minimum Gasteiger partial charge on any atom is -0.497 e. The molecule has 0 radical (unpaired) electrons. The van der Waals surface area contributed by atoms with Gasteiger partial charge in [-0.3, -0.25) is 4.79 Å². The summed E-state index contributed by atoms with van der Waals surface area (Å²) < 4.78 is 30.5. The Labute approximate surface area is 154 Å². The van der Waals surface area contributed by atoms with Crippen LogP contribution in [0.1, 0.15) is 21.5 Å². The summed E-state index contributed by atoms with van der Waals surface area (Å²) in [6, 6.07) is 14.5. The zero-order chi connectivity index (χ0) is 19.2. The van der Waals surface area contributed by atoms with Gasteiger partial charge in [0.2, 0.25) is 10.0 Å². The van der Waals surface area contributed by atoms with Crippen LogP contribution < -0.4 is 10.1 Å². The molecule has 6 nitrogen and oxygen atoms in total. The van der Waals surface area contributed by atoms with Gasteiger partial charge in [0, 0.05) is 25.2 Å². The zero-order valence-corrected chi connectivity index (χ0v) is 16.0. The first-order chi connectivity index (χ1) is 12.3. The number of nitrogens with zero attached hydrogens (tertiary/aromatic N) is 1. The van der Waals surface area contributed by atoms with Crippen LogP contribution in [0.15, 0.2) is 48.5 Å². The molecule has 2 aromatic rings. The van der Waals surface area contributed by atoms with Gasteiger partial charge in [-0.15, -0.1) is 0 Å². The van der Waals surface area contributed by atoms with Crippen molar-refractivity contribution < 1.29 is 17.9 Å². The van der Waals surface area contributed by atoms with Crippen molar-refractivity contribution in [2.75, 3.05) is 26.5 Å². The first-order valence-corrected chi connectivity index (χ1v) is 10.1. The van der Waals surface area contributed by atoms with Crippen molar-refractivity contribution in [1.29, 1.82) is 0 Å². The Bertz CT molecular complexity index is 848. The van der Waals surface area contributed by atoms with Crippen LogP contribution in [0.2, 0.25) is 0 Å². The van der Waals surface area contributed by atoms with Crippen LogP contribution in [0.25, 0.3) is 0 Å². The molecule has 0 saturated heterocycles.